The van der Waals surface area contributed by atoms with Gasteiger partial charge in [-0.25, -0.2) is 0 Å². The van der Waals surface area contributed by atoms with Crippen molar-refractivity contribution in [2.24, 2.45) is 5.73 Å². The van der Waals surface area contributed by atoms with Gasteiger partial charge in [-0.1, -0.05) is 29.8 Å². The van der Waals surface area contributed by atoms with E-state index in [4.69, 9.17) is 17.3 Å². The van der Waals surface area contributed by atoms with E-state index >= 15 is 0 Å². The van der Waals surface area contributed by atoms with Crippen LogP contribution in [0.1, 0.15) is 23.1 Å². The van der Waals surface area contributed by atoms with Crippen LogP contribution in [0, 0.1) is 6.92 Å². The number of amides is 2. The monoisotopic (exact) mass is 596 g/mol. The molecular formula is C27H26ClF3N3O5S+. The molecule has 0 aromatic heterocycles. The number of anilines is 1. The fourth-order valence-electron chi connectivity index (χ4n) is 4.85. The van der Waals surface area contributed by atoms with E-state index in [1.54, 1.807) is 37.3 Å². The minimum absolute atomic E-state index is 0.0141. The van der Waals surface area contributed by atoms with Crippen molar-refractivity contribution in [3.63, 3.8) is 0 Å². The lowest BCUT2D eigenvalue weighted by Gasteiger charge is -2.36. The number of nitrogens with two attached hydrogens (primary N) is 1. The highest BCUT2D eigenvalue weighted by molar-refractivity contribution is 7.91. The fraction of sp³-hybridized carbons (Fsp3) is 0.259. The van der Waals surface area contributed by atoms with Crippen LogP contribution in [0.5, 0.6) is 0 Å². The maximum atomic E-state index is 14.3. The number of benzene rings is 3. The lowest BCUT2D eigenvalue weighted by atomic mass is 10.1. The molecule has 2 amide bonds. The van der Waals surface area contributed by atoms with Crippen LogP contribution in [0.3, 0.4) is 0 Å². The van der Waals surface area contributed by atoms with E-state index in [2.05, 4.69) is 0 Å². The number of alkyl halides is 3. The van der Waals surface area contributed by atoms with Gasteiger partial charge in [0, 0.05) is 27.9 Å². The molecule has 0 aliphatic carbocycles. The topological polar surface area (TPSA) is 118 Å². The molecule has 3 aromatic rings. The maximum absolute atomic E-state index is 14.3. The first kappa shape index (κ1) is 29.5. The molecule has 4 rings (SSSR count). The van der Waals surface area contributed by atoms with Gasteiger partial charge in [-0.05, 0) is 49.4 Å². The smallest absolute Gasteiger partial charge is 0.391 e. The number of carbonyl (C=O) groups excluding carboxylic acids is 2. The molecule has 2 atom stereocenters. The third kappa shape index (κ3) is 5.57. The molecule has 2 unspecified atom stereocenters. The summed E-state index contributed by atoms with van der Waals surface area (Å²) in [5.41, 5.74) is 5.92. The first-order chi connectivity index (χ1) is 18.7. The van der Waals surface area contributed by atoms with E-state index in [-0.39, 0.29) is 36.1 Å². The molecule has 40 heavy (non-hydrogen) atoms. The molecule has 8 nitrogen and oxygen atoms in total. The Kier molecular flexibility index (Phi) is 8.01. The summed E-state index contributed by atoms with van der Waals surface area (Å²) in [5.74, 6) is -1.23. The van der Waals surface area contributed by atoms with Crippen molar-refractivity contribution in [1.29, 1.82) is 0 Å². The molecule has 13 heteroatoms. The van der Waals surface area contributed by atoms with E-state index in [9.17, 15) is 36.3 Å². The average molecular weight is 597 g/mol. The molecule has 1 aliphatic rings. The number of rotatable bonds is 8. The number of sulfonamides is 1. The number of halogens is 4. The summed E-state index contributed by atoms with van der Waals surface area (Å²) in [6, 6.07) is 13.9. The Hall–Kier alpha value is -3.45. The van der Waals surface area contributed by atoms with Crippen molar-refractivity contribution in [2.75, 3.05) is 18.0 Å². The average Bonchev–Trinajstić information content (AvgIpc) is 3.22. The zero-order valence-electron chi connectivity index (χ0n) is 21.2. The van der Waals surface area contributed by atoms with Crippen molar-refractivity contribution < 1.29 is 36.3 Å². The highest BCUT2D eigenvalue weighted by Crippen LogP contribution is 2.40. The largest absolute Gasteiger partial charge is 0.416 e. The summed E-state index contributed by atoms with van der Waals surface area (Å²) in [7, 11) is -4.64. The Morgan fingerprint density at radius 2 is 1.73 bits per heavy atom. The van der Waals surface area contributed by atoms with Crippen molar-refractivity contribution in [2.45, 2.75) is 37.1 Å². The molecule has 212 valence electrons. The van der Waals surface area contributed by atoms with Gasteiger partial charge in [0.1, 0.15) is 11.4 Å². The second-order valence-electron chi connectivity index (χ2n) is 9.58. The van der Waals surface area contributed by atoms with Crippen molar-refractivity contribution in [3.05, 3.63) is 88.4 Å². The van der Waals surface area contributed by atoms with Gasteiger partial charge in [0.25, 0.3) is 5.91 Å². The molecule has 0 radical (unpaired) electrons. The number of hydrogen-bond donors (Lipinski definition) is 2. The van der Waals surface area contributed by atoms with Gasteiger partial charge in [0.15, 0.2) is 12.2 Å². The number of nitrogens with zero attached hydrogens (tertiary/aromatic N) is 2. The molecule has 0 saturated carbocycles. The quantitative estimate of drug-likeness (QED) is 0.379. The van der Waals surface area contributed by atoms with E-state index in [1.165, 1.54) is 17.0 Å². The molecule has 1 saturated heterocycles. The predicted octanol–water partition coefficient (Wildman–Crippen LogP) is 4.15. The summed E-state index contributed by atoms with van der Waals surface area (Å²) >= 11 is 6.34. The lowest BCUT2D eigenvalue weighted by molar-refractivity contribution is -0.137. The van der Waals surface area contributed by atoms with Crippen LogP contribution in [0.15, 0.2) is 71.6 Å². The highest BCUT2D eigenvalue weighted by atomic mass is 35.5. The first-order valence-corrected chi connectivity index (χ1v) is 13.9. The Morgan fingerprint density at radius 3 is 2.25 bits per heavy atom. The summed E-state index contributed by atoms with van der Waals surface area (Å²) in [6.07, 6.45) is -5.49. The Morgan fingerprint density at radius 1 is 1.10 bits per heavy atom. The van der Waals surface area contributed by atoms with Crippen LogP contribution in [0.2, 0.25) is 5.02 Å². The zero-order valence-corrected chi connectivity index (χ0v) is 22.8. The van der Waals surface area contributed by atoms with Gasteiger partial charge in [-0.3, -0.25) is 9.59 Å². The number of primary amides is 1. The van der Waals surface area contributed by atoms with E-state index < -0.39 is 49.1 Å². The zero-order chi connectivity index (χ0) is 29.5. The number of β-amino-alcohol motifs (C(OH)–C–C–N with tert-alkyl or cyclic N) is 1. The molecule has 0 bridgehead atoms. The maximum Gasteiger partial charge on any atom is 0.416 e. The van der Waals surface area contributed by atoms with Crippen molar-refractivity contribution in [3.8, 4) is 0 Å². The van der Waals surface area contributed by atoms with Gasteiger partial charge in [0.05, 0.1) is 24.6 Å². The van der Waals surface area contributed by atoms with Crippen LogP contribution >= 0.6 is 11.6 Å². The lowest BCUT2D eigenvalue weighted by Crippen LogP contribution is -2.57. The Balaban J connectivity index is 1.88. The summed E-state index contributed by atoms with van der Waals surface area (Å²) in [6.45, 7) is 0.596. The summed E-state index contributed by atoms with van der Waals surface area (Å²) < 4.78 is 67.2. The molecule has 3 aromatic carbocycles. The number of quaternary nitrogens is 1. The molecule has 0 spiro atoms. The minimum Gasteiger partial charge on any atom is -0.391 e. The third-order valence-electron chi connectivity index (χ3n) is 6.82. The number of carbonyl (C=O) groups is 2. The number of hydrogen-bond acceptors (Lipinski definition) is 5. The molecule has 1 aliphatic heterocycles. The van der Waals surface area contributed by atoms with E-state index in [0.717, 1.165) is 12.1 Å². The van der Waals surface area contributed by atoms with Gasteiger partial charge in [0.2, 0.25) is 5.91 Å². The van der Waals surface area contributed by atoms with Gasteiger partial charge in [-0.15, -0.1) is 0 Å². The SMILES string of the molecule is Cc1c(Cl)cccc1[N+](CC(N)=O)(Cc1ccc(N2CC(O)CC2=O)cc1)S(=O)(=O)c1ccc(C(F)(F)F)cc1. The normalized spacial score (nSPS) is 17.6. The van der Waals surface area contributed by atoms with Crippen molar-refractivity contribution >= 4 is 44.8 Å². The molecule has 1 heterocycles. The van der Waals surface area contributed by atoms with Crippen LogP contribution in [-0.2, 0) is 32.3 Å². The van der Waals surface area contributed by atoms with Crippen LogP contribution in [-0.4, -0.2) is 44.5 Å². The first-order valence-electron chi connectivity index (χ1n) is 12.1. The van der Waals surface area contributed by atoms with Crippen LogP contribution in [0.25, 0.3) is 0 Å². The van der Waals surface area contributed by atoms with Crippen LogP contribution < -0.4 is 14.5 Å². The minimum atomic E-state index is -4.68. The summed E-state index contributed by atoms with van der Waals surface area (Å²) in [4.78, 5) is 25.6. The van der Waals surface area contributed by atoms with Crippen molar-refractivity contribution in [1.82, 2.24) is 3.89 Å². The van der Waals surface area contributed by atoms with Crippen LogP contribution in [0.4, 0.5) is 24.5 Å². The van der Waals surface area contributed by atoms with Gasteiger partial charge < -0.3 is 15.7 Å². The standard InChI is InChI=1S/C27H25ClF3N3O5S/c1-17-23(28)3-2-4-24(17)34(16-25(32)36,40(38,39)22-11-7-19(8-12-22)27(29,30)31)15-18-5-9-20(10-6-18)33-14-21(35)13-26(33)37/h2-12,21,35H,13-16H2,1H3,(H-,32,36)/p+1. The number of aliphatic hydroxyl groups is 1. The Bertz CT molecular complexity index is 1550. The molecular weight excluding hydrogens is 571 g/mol. The summed E-state index contributed by atoms with van der Waals surface area (Å²) in [5, 5.41) is 10.0. The van der Waals surface area contributed by atoms with Gasteiger partial charge >= 0.3 is 16.2 Å². The van der Waals surface area contributed by atoms with E-state index in [1.807, 2.05) is 0 Å². The van der Waals surface area contributed by atoms with E-state index in [0.29, 0.717) is 28.9 Å². The fourth-order valence-corrected chi connectivity index (χ4v) is 6.97. The second-order valence-corrected chi connectivity index (χ2v) is 12.1. The number of aliphatic hydroxyl groups excluding tert-OH is 1. The molecule has 3 N–H and O–H groups in total. The predicted molar refractivity (Wildman–Crippen MR) is 144 cm³/mol. The molecule has 1 fully saturated rings. The second kappa shape index (κ2) is 10.8. The third-order valence-corrected chi connectivity index (χ3v) is 9.47. The highest BCUT2D eigenvalue weighted by Gasteiger charge is 2.48. The van der Waals surface area contributed by atoms with Gasteiger partial charge in [-0.2, -0.15) is 25.5 Å². The Labute approximate surface area is 234 Å².